The van der Waals surface area contributed by atoms with Gasteiger partial charge in [-0.05, 0) is 32.4 Å². The summed E-state index contributed by atoms with van der Waals surface area (Å²) in [4.78, 5) is 0. The summed E-state index contributed by atoms with van der Waals surface area (Å²) in [5.74, 6) is -1.76. The van der Waals surface area contributed by atoms with Crippen molar-refractivity contribution in [2.75, 3.05) is 0 Å². The Balaban J connectivity index is 2.68. The van der Waals surface area contributed by atoms with E-state index in [4.69, 9.17) is 0 Å². The molecule has 0 saturated heterocycles. The topological polar surface area (TPSA) is 35.4 Å². The van der Waals surface area contributed by atoms with Gasteiger partial charge in [0.15, 0.2) is 11.6 Å². The van der Waals surface area contributed by atoms with Gasteiger partial charge in [0.1, 0.15) is 16.1 Å². The zero-order valence-electron chi connectivity index (χ0n) is 10.0. The van der Waals surface area contributed by atoms with Crippen LogP contribution in [0, 0.1) is 11.6 Å². The highest BCUT2D eigenvalue weighted by Gasteiger charge is 2.25. The molecule has 0 saturated carbocycles. The zero-order chi connectivity index (χ0) is 13.1. The third-order valence-corrected chi connectivity index (χ3v) is 3.43. The minimum atomic E-state index is -1.37. The summed E-state index contributed by atoms with van der Waals surface area (Å²) in [6.45, 7) is 5.38. The molecular weight excluding hydrogens is 244 g/mol. The van der Waals surface area contributed by atoms with E-state index in [9.17, 15) is 13.3 Å². The minimum absolute atomic E-state index is 0.130. The van der Waals surface area contributed by atoms with E-state index in [1.165, 1.54) is 18.3 Å². The van der Waals surface area contributed by atoms with Gasteiger partial charge in [-0.1, -0.05) is 16.5 Å². The average Bonchev–Trinajstić information content (AvgIpc) is 2.22. The summed E-state index contributed by atoms with van der Waals surface area (Å²) in [5.41, 5.74) is 0.208. The molecule has 0 fully saturated rings. The van der Waals surface area contributed by atoms with Crippen LogP contribution in [-0.4, -0.2) is 15.5 Å². The molecule has 0 aromatic heterocycles. The van der Waals surface area contributed by atoms with Crippen LogP contribution < -0.4 is 0 Å². The highest BCUT2D eigenvalue weighted by atomic mass is 32.2. The van der Waals surface area contributed by atoms with Crippen LogP contribution in [0.3, 0.4) is 0 Å². The van der Waals surface area contributed by atoms with Gasteiger partial charge in [-0.25, -0.2) is 8.78 Å². The fourth-order valence-electron chi connectivity index (χ4n) is 1.07. The quantitative estimate of drug-likeness (QED) is 0.607. The van der Waals surface area contributed by atoms with Crippen LogP contribution in [0.4, 0.5) is 8.78 Å². The summed E-state index contributed by atoms with van der Waals surface area (Å²) in [6.07, 6.45) is 1.49. The van der Waals surface area contributed by atoms with Crippen molar-refractivity contribution < 1.29 is 13.3 Å². The molecule has 0 aliphatic rings. The van der Waals surface area contributed by atoms with Gasteiger partial charge < -0.3 is 4.55 Å². The fourth-order valence-corrected chi connectivity index (χ4v) is 1.59. The van der Waals surface area contributed by atoms with Crippen LogP contribution in [-0.2, 0) is 17.8 Å². The van der Waals surface area contributed by atoms with Gasteiger partial charge in [-0.2, -0.15) is 0 Å². The number of nitrogens with zero attached hydrogens (tertiary/aromatic N) is 1. The van der Waals surface area contributed by atoms with Crippen molar-refractivity contribution in [3.05, 3.63) is 35.4 Å². The number of benzene rings is 1. The molecule has 0 heterocycles. The van der Waals surface area contributed by atoms with Gasteiger partial charge >= 0.3 is 0 Å². The molecule has 94 valence electrons. The summed E-state index contributed by atoms with van der Waals surface area (Å²) >= 11 is -1.37. The number of halogens is 2. The van der Waals surface area contributed by atoms with Gasteiger partial charge in [0.2, 0.25) is 0 Å². The lowest BCUT2D eigenvalue weighted by Gasteiger charge is -2.17. The molecule has 17 heavy (non-hydrogen) atoms. The summed E-state index contributed by atoms with van der Waals surface area (Å²) in [5, 5.41) is 0. The van der Waals surface area contributed by atoms with Crippen molar-refractivity contribution in [3.8, 4) is 0 Å². The molecule has 0 N–H and O–H groups in total. The van der Waals surface area contributed by atoms with E-state index in [0.29, 0.717) is 0 Å². The Morgan fingerprint density at radius 2 is 2.00 bits per heavy atom. The predicted molar refractivity (Wildman–Crippen MR) is 66.4 cm³/mol. The largest absolute Gasteiger partial charge is 0.591 e. The monoisotopic (exact) mass is 259 g/mol. The average molecular weight is 259 g/mol. The molecule has 0 unspecified atom stereocenters. The molecule has 0 amide bonds. The maximum atomic E-state index is 13.2. The van der Waals surface area contributed by atoms with E-state index in [1.54, 1.807) is 20.8 Å². The van der Waals surface area contributed by atoms with E-state index in [-0.39, 0.29) is 12.0 Å². The van der Waals surface area contributed by atoms with Crippen LogP contribution >= 0.6 is 0 Å². The van der Waals surface area contributed by atoms with Crippen molar-refractivity contribution in [2.24, 2.45) is 4.40 Å². The van der Waals surface area contributed by atoms with Crippen molar-refractivity contribution in [2.45, 2.75) is 31.9 Å². The van der Waals surface area contributed by atoms with Gasteiger partial charge in [0, 0.05) is 6.42 Å². The molecule has 1 aromatic carbocycles. The smallest absolute Gasteiger partial charge is 0.162 e. The molecule has 0 radical (unpaired) electrons. The standard InChI is InChI=1S/C12H15F2NOS/c1-12(2,3)17(16)15-8-7-9-5-4-6-10(13)11(9)14/h4-6,8H,7H2,1-3H3/t17-/m1/s1. The summed E-state index contributed by atoms with van der Waals surface area (Å²) < 4.78 is 41.0. The Labute approximate surface area is 103 Å². The first-order valence-corrected chi connectivity index (χ1v) is 6.30. The third kappa shape index (κ3) is 4.09. The molecule has 1 atom stereocenters. The molecular formula is C12H15F2NOS. The lowest BCUT2D eigenvalue weighted by Crippen LogP contribution is -2.25. The van der Waals surface area contributed by atoms with Crippen LogP contribution in [0.2, 0.25) is 0 Å². The van der Waals surface area contributed by atoms with E-state index in [1.807, 2.05) is 0 Å². The SMILES string of the molecule is CC(C)(C)[S@@+]([O-])N=CCc1cccc(F)c1F. The summed E-state index contributed by atoms with van der Waals surface area (Å²) in [7, 11) is 0. The lowest BCUT2D eigenvalue weighted by atomic mass is 10.1. The van der Waals surface area contributed by atoms with E-state index < -0.39 is 27.7 Å². The Morgan fingerprint density at radius 3 is 2.59 bits per heavy atom. The van der Waals surface area contributed by atoms with Crippen molar-refractivity contribution in [1.29, 1.82) is 0 Å². The maximum Gasteiger partial charge on any atom is 0.162 e. The molecule has 1 rings (SSSR count). The first-order chi connectivity index (χ1) is 7.82. The molecule has 0 spiro atoms. The molecule has 0 aliphatic heterocycles. The molecule has 0 bridgehead atoms. The maximum absolute atomic E-state index is 13.2. The van der Waals surface area contributed by atoms with Crippen LogP contribution in [0.1, 0.15) is 26.3 Å². The molecule has 2 nitrogen and oxygen atoms in total. The van der Waals surface area contributed by atoms with Gasteiger partial charge in [0.25, 0.3) is 0 Å². The second-order valence-corrected chi connectivity index (χ2v) is 6.50. The molecule has 1 aromatic rings. The Hall–Kier alpha value is -0.940. The zero-order valence-corrected chi connectivity index (χ0v) is 10.9. The van der Waals surface area contributed by atoms with Gasteiger partial charge in [-0.3, -0.25) is 0 Å². The Kier molecular flexibility index (Phi) is 4.65. The number of rotatable bonds is 3. The predicted octanol–water partition coefficient (Wildman–Crippen LogP) is 3.04. The highest BCUT2D eigenvalue weighted by molar-refractivity contribution is 7.91. The Bertz CT molecular complexity index is 415. The minimum Gasteiger partial charge on any atom is -0.591 e. The van der Waals surface area contributed by atoms with Gasteiger partial charge in [0.05, 0.1) is 6.21 Å². The van der Waals surface area contributed by atoms with Crippen LogP contribution in [0.15, 0.2) is 22.6 Å². The second-order valence-electron chi connectivity index (χ2n) is 4.57. The van der Waals surface area contributed by atoms with E-state index >= 15 is 0 Å². The number of hydrogen-bond donors (Lipinski definition) is 0. The Morgan fingerprint density at radius 1 is 1.35 bits per heavy atom. The van der Waals surface area contributed by atoms with Crippen molar-refractivity contribution >= 4 is 17.6 Å². The molecule has 0 aliphatic carbocycles. The van der Waals surface area contributed by atoms with E-state index in [2.05, 4.69) is 4.40 Å². The third-order valence-electron chi connectivity index (χ3n) is 2.04. The fraction of sp³-hybridized carbons (Fsp3) is 0.417. The first kappa shape index (κ1) is 14.1. The van der Waals surface area contributed by atoms with Crippen LogP contribution in [0.5, 0.6) is 0 Å². The lowest BCUT2D eigenvalue weighted by molar-refractivity contribution is 0.502. The van der Waals surface area contributed by atoms with Crippen molar-refractivity contribution in [3.63, 3.8) is 0 Å². The van der Waals surface area contributed by atoms with Crippen molar-refractivity contribution in [1.82, 2.24) is 0 Å². The highest BCUT2D eigenvalue weighted by Crippen LogP contribution is 2.17. The second kappa shape index (κ2) is 5.60. The van der Waals surface area contributed by atoms with E-state index in [0.717, 1.165) is 6.07 Å². The summed E-state index contributed by atoms with van der Waals surface area (Å²) in [6, 6.07) is 3.97. The first-order valence-electron chi connectivity index (χ1n) is 5.20. The normalized spacial score (nSPS) is 14.2. The van der Waals surface area contributed by atoms with Gasteiger partial charge in [-0.15, -0.1) is 0 Å². The number of hydrogen-bond acceptors (Lipinski definition) is 2. The van der Waals surface area contributed by atoms with Crippen LogP contribution in [0.25, 0.3) is 0 Å². The molecule has 5 heteroatoms.